The summed E-state index contributed by atoms with van der Waals surface area (Å²) in [4.78, 5) is 43.2. The average Bonchev–Trinajstić information content (AvgIpc) is 2.90. The van der Waals surface area contributed by atoms with E-state index in [1.54, 1.807) is 14.1 Å². The zero-order valence-corrected chi connectivity index (χ0v) is 23.5. The van der Waals surface area contributed by atoms with Gasteiger partial charge in [0.2, 0.25) is 5.78 Å². The summed E-state index contributed by atoms with van der Waals surface area (Å²) >= 11 is 0. The largest absolute Gasteiger partial charge is 0.510 e. The van der Waals surface area contributed by atoms with Crippen LogP contribution >= 0.6 is 0 Å². The molecule has 0 unspecified atom stereocenters. The summed E-state index contributed by atoms with van der Waals surface area (Å²) in [6.07, 6.45) is 1.37. The van der Waals surface area contributed by atoms with Crippen LogP contribution in [0.15, 0.2) is 59.1 Å². The van der Waals surface area contributed by atoms with E-state index in [9.17, 15) is 34.8 Å². The number of amides is 1. The lowest BCUT2D eigenvalue weighted by molar-refractivity contribution is -0.148. The van der Waals surface area contributed by atoms with Crippen molar-refractivity contribution in [1.82, 2.24) is 4.90 Å². The molecule has 5 rings (SSSR count). The van der Waals surface area contributed by atoms with E-state index in [0.717, 1.165) is 11.3 Å². The van der Waals surface area contributed by atoms with Crippen LogP contribution in [-0.2, 0) is 28.9 Å². The molecule has 0 saturated heterocycles. The van der Waals surface area contributed by atoms with Gasteiger partial charge in [-0.1, -0.05) is 30.3 Å². The number of aliphatic hydroxyl groups excluding tert-OH is 2. The first kappa shape index (κ1) is 28.4. The fraction of sp³-hybridized carbons (Fsp3) is 0.387. The smallest absolute Gasteiger partial charge is 0.255 e. The number of benzene rings is 2. The number of allylic oxidation sites excluding steroid dienone is 1. The maximum Gasteiger partial charge on any atom is 0.255 e. The molecule has 0 fully saturated rings. The number of ketones is 2. The standard InChI is InChI=1S/C31H35N3O7/c1-33(2)20-14-16(11-10-15-8-6-5-7-9-15)25(35)22-18(20)12-17-13-19-24(34(3)4)27(37)23(30(32)40)29(39)31(19,41)28(38)21(17)26(22)36/h5-9,14,17,19,24,35,37-38,41H,10-13H2,1-4H3,(H2,32,40)/t17-,19-,24-,31-/m1/s1. The summed E-state index contributed by atoms with van der Waals surface area (Å²) < 4.78 is 0. The fourth-order valence-corrected chi connectivity index (χ4v) is 6.87. The Morgan fingerprint density at radius 2 is 1.71 bits per heavy atom. The molecule has 0 bridgehead atoms. The molecule has 2 aromatic carbocycles. The lowest BCUT2D eigenvalue weighted by Gasteiger charge is -2.50. The molecule has 1 amide bonds. The molecule has 0 radical (unpaired) electrons. The van der Waals surface area contributed by atoms with Gasteiger partial charge in [-0.3, -0.25) is 19.3 Å². The minimum absolute atomic E-state index is 0.0278. The molecule has 0 spiro atoms. The Morgan fingerprint density at radius 1 is 1.05 bits per heavy atom. The molecule has 10 nitrogen and oxygen atoms in total. The number of aliphatic hydroxyl groups is 3. The van der Waals surface area contributed by atoms with E-state index in [4.69, 9.17) is 5.73 Å². The number of carbonyl (C=O) groups excluding carboxylic acids is 3. The van der Waals surface area contributed by atoms with Gasteiger partial charge >= 0.3 is 0 Å². The monoisotopic (exact) mass is 561 g/mol. The Morgan fingerprint density at radius 3 is 2.29 bits per heavy atom. The van der Waals surface area contributed by atoms with Crippen molar-refractivity contribution < 1.29 is 34.8 Å². The van der Waals surface area contributed by atoms with Crippen molar-refractivity contribution in [2.45, 2.75) is 37.3 Å². The Bertz CT molecular complexity index is 1530. The van der Waals surface area contributed by atoms with Crippen LogP contribution in [0, 0.1) is 11.8 Å². The van der Waals surface area contributed by atoms with Crippen LogP contribution in [0.4, 0.5) is 5.69 Å². The number of aromatic hydroxyl groups is 1. The highest BCUT2D eigenvalue weighted by atomic mass is 16.3. The van der Waals surface area contributed by atoms with Crippen molar-refractivity contribution in [2.75, 3.05) is 33.1 Å². The summed E-state index contributed by atoms with van der Waals surface area (Å²) in [7, 11) is 6.90. The second-order valence-electron chi connectivity index (χ2n) is 11.6. The van der Waals surface area contributed by atoms with Crippen LogP contribution in [0.2, 0.25) is 0 Å². The van der Waals surface area contributed by atoms with Gasteiger partial charge in [-0.15, -0.1) is 0 Å². The van der Waals surface area contributed by atoms with E-state index in [2.05, 4.69) is 0 Å². The predicted molar refractivity (Wildman–Crippen MR) is 152 cm³/mol. The van der Waals surface area contributed by atoms with Gasteiger partial charge in [0.05, 0.1) is 11.6 Å². The summed E-state index contributed by atoms with van der Waals surface area (Å²) in [6.45, 7) is 0. The SMILES string of the molecule is CN(C)c1cc(CCc2ccccc2)c(O)c2c1C[C@@H]1C[C@@H]3[C@@H](N(C)C)C(O)=C(C(N)=O)C(=O)[C@]3(O)C(O)=C1C2=O. The zero-order valence-electron chi connectivity index (χ0n) is 23.5. The number of nitrogens with zero attached hydrogens (tertiary/aromatic N) is 2. The molecular formula is C31H35N3O7. The number of fused-ring (bicyclic) bond motifs is 3. The van der Waals surface area contributed by atoms with E-state index in [1.165, 1.54) is 4.90 Å². The fourth-order valence-electron chi connectivity index (χ4n) is 6.87. The van der Waals surface area contributed by atoms with Gasteiger partial charge in [0.1, 0.15) is 22.8 Å². The lowest BCUT2D eigenvalue weighted by atomic mass is 9.58. The van der Waals surface area contributed by atoms with Gasteiger partial charge < -0.3 is 31.1 Å². The van der Waals surface area contributed by atoms with Crippen molar-refractivity contribution in [2.24, 2.45) is 17.6 Å². The maximum atomic E-state index is 14.1. The number of anilines is 1. The van der Waals surface area contributed by atoms with Crippen molar-refractivity contribution in [3.05, 3.63) is 81.3 Å². The normalized spacial score (nSPS) is 25.7. The van der Waals surface area contributed by atoms with Crippen LogP contribution in [0.1, 0.15) is 33.5 Å². The van der Waals surface area contributed by atoms with Crippen molar-refractivity contribution in [3.8, 4) is 5.75 Å². The number of hydrogen-bond acceptors (Lipinski definition) is 9. The zero-order chi connectivity index (χ0) is 30.0. The van der Waals surface area contributed by atoms with E-state index in [-0.39, 0.29) is 29.7 Å². The number of likely N-dealkylation sites (N-methyl/N-ethyl adjacent to an activating group) is 1. The molecule has 0 aliphatic heterocycles. The number of nitrogens with two attached hydrogens (primary N) is 1. The van der Waals surface area contributed by atoms with E-state index in [0.29, 0.717) is 24.0 Å². The minimum Gasteiger partial charge on any atom is -0.510 e. The molecule has 0 aromatic heterocycles. The highest BCUT2D eigenvalue weighted by molar-refractivity contribution is 6.25. The highest BCUT2D eigenvalue weighted by Crippen LogP contribution is 2.53. The summed E-state index contributed by atoms with van der Waals surface area (Å²) in [5, 5.41) is 45.6. The molecule has 0 heterocycles. The average molecular weight is 562 g/mol. The van der Waals surface area contributed by atoms with Crippen LogP contribution in [0.25, 0.3) is 0 Å². The molecule has 10 heteroatoms. The lowest BCUT2D eigenvalue weighted by Crippen LogP contribution is -2.63. The molecule has 2 aromatic rings. The first-order chi connectivity index (χ1) is 19.3. The number of rotatable bonds is 6. The van der Waals surface area contributed by atoms with Crippen LogP contribution in [0.3, 0.4) is 0 Å². The third-order valence-electron chi connectivity index (χ3n) is 8.79. The molecule has 0 saturated carbocycles. The van der Waals surface area contributed by atoms with Gasteiger partial charge in [-0.05, 0) is 68.5 Å². The van der Waals surface area contributed by atoms with Gasteiger partial charge in [0.15, 0.2) is 11.4 Å². The van der Waals surface area contributed by atoms with E-state index < -0.39 is 58.0 Å². The van der Waals surface area contributed by atoms with Crippen molar-refractivity contribution >= 4 is 23.2 Å². The topological polar surface area (TPSA) is 165 Å². The Hall–Kier alpha value is -4.15. The third kappa shape index (κ3) is 4.20. The number of phenolic OH excluding ortho intramolecular Hbond substituents is 1. The van der Waals surface area contributed by atoms with E-state index >= 15 is 0 Å². The van der Waals surface area contributed by atoms with Crippen LogP contribution in [0.5, 0.6) is 5.75 Å². The first-order valence-corrected chi connectivity index (χ1v) is 13.5. The van der Waals surface area contributed by atoms with Gasteiger partial charge in [0.25, 0.3) is 5.91 Å². The Kier molecular flexibility index (Phi) is 6.95. The molecule has 216 valence electrons. The molecule has 4 atom stereocenters. The summed E-state index contributed by atoms with van der Waals surface area (Å²) in [6, 6.07) is 10.6. The number of carbonyl (C=O) groups is 3. The highest BCUT2D eigenvalue weighted by Gasteiger charge is 2.63. The van der Waals surface area contributed by atoms with Gasteiger partial charge in [-0.25, -0.2) is 0 Å². The Labute approximate surface area is 238 Å². The summed E-state index contributed by atoms with van der Waals surface area (Å²) in [5.41, 5.74) is 4.76. The predicted octanol–water partition coefficient (Wildman–Crippen LogP) is 1.97. The second kappa shape index (κ2) is 10.0. The van der Waals surface area contributed by atoms with Gasteiger partial charge in [0, 0.05) is 31.3 Å². The number of Topliss-reactive ketones (excluding diaryl/α,β-unsaturated/α-hetero) is 2. The Balaban J connectivity index is 1.66. The number of hydrogen-bond donors (Lipinski definition) is 5. The van der Waals surface area contributed by atoms with Crippen molar-refractivity contribution in [1.29, 1.82) is 0 Å². The summed E-state index contributed by atoms with van der Waals surface area (Å²) in [5.74, 6) is -6.50. The third-order valence-corrected chi connectivity index (χ3v) is 8.79. The first-order valence-electron chi connectivity index (χ1n) is 13.5. The minimum atomic E-state index is -2.66. The molecular weight excluding hydrogens is 526 g/mol. The van der Waals surface area contributed by atoms with Crippen LogP contribution < -0.4 is 10.6 Å². The van der Waals surface area contributed by atoms with Gasteiger partial charge in [-0.2, -0.15) is 0 Å². The van der Waals surface area contributed by atoms with E-state index in [1.807, 2.05) is 55.4 Å². The number of primary amides is 1. The number of aryl methyl sites for hydroxylation is 2. The molecule has 3 aliphatic carbocycles. The molecule has 6 N–H and O–H groups in total. The quantitative estimate of drug-likeness (QED) is 0.332. The second-order valence-corrected chi connectivity index (χ2v) is 11.6. The van der Waals surface area contributed by atoms with Crippen molar-refractivity contribution in [3.63, 3.8) is 0 Å². The molecule has 41 heavy (non-hydrogen) atoms. The molecule has 3 aliphatic rings. The van der Waals surface area contributed by atoms with Crippen LogP contribution in [-0.4, -0.2) is 82.6 Å². The maximum absolute atomic E-state index is 14.1. The number of phenols is 1.